The van der Waals surface area contributed by atoms with E-state index in [0.717, 1.165) is 28.2 Å². The highest BCUT2D eigenvalue weighted by Gasteiger charge is 2.34. The predicted molar refractivity (Wildman–Crippen MR) is 190 cm³/mol. The summed E-state index contributed by atoms with van der Waals surface area (Å²) in [7, 11) is 0. The van der Waals surface area contributed by atoms with Crippen LogP contribution in [0.15, 0.2) is 152 Å². The van der Waals surface area contributed by atoms with Crippen molar-refractivity contribution in [3.8, 4) is 0 Å². The van der Waals surface area contributed by atoms with Gasteiger partial charge < -0.3 is 14.2 Å². The van der Waals surface area contributed by atoms with Gasteiger partial charge in [0.25, 0.3) is 0 Å². The van der Waals surface area contributed by atoms with E-state index in [1.807, 2.05) is 127 Å². The molecule has 0 radical (unpaired) electrons. The quantitative estimate of drug-likeness (QED) is 0.0697. The Morgan fingerprint density at radius 3 is 1.28 bits per heavy atom. The van der Waals surface area contributed by atoms with E-state index in [1.54, 1.807) is 0 Å². The van der Waals surface area contributed by atoms with Crippen molar-refractivity contribution >= 4 is 29.5 Å². The average molecular weight is 649 g/mol. The molecule has 0 heterocycles. The van der Waals surface area contributed by atoms with Crippen molar-refractivity contribution in [1.29, 1.82) is 0 Å². The number of carbonyl (C=O) groups is 1. The lowest BCUT2D eigenvalue weighted by Gasteiger charge is -2.29. The van der Waals surface area contributed by atoms with Gasteiger partial charge in [-0.2, -0.15) is 0 Å². The highest BCUT2D eigenvalue weighted by molar-refractivity contribution is 8.16. The Hall–Kier alpha value is -3.81. The lowest BCUT2D eigenvalue weighted by Crippen LogP contribution is -2.41. The predicted octanol–water partition coefficient (Wildman–Crippen LogP) is 9.48. The van der Waals surface area contributed by atoms with Gasteiger partial charge in [0, 0.05) is 11.5 Å². The second-order valence-electron chi connectivity index (χ2n) is 10.9. The Bertz CT molecular complexity index is 1490. The summed E-state index contributed by atoms with van der Waals surface area (Å²) in [5.74, 6) is 1.29. The Morgan fingerprint density at radius 2 is 0.848 bits per heavy atom. The molecule has 0 fully saturated rings. The maximum Gasteiger partial charge on any atom is 0.338 e. The fourth-order valence-corrected chi connectivity index (χ4v) is 7.44. The molecule has 236 valence electrons. The van der Waals surface area contributed by atoms with E-state index >= 15 is 0 Å². The number of hydrogen-bond acceptors (Lipinski definition) is 6. The first kappa shape index (κ1) is 33.6. The second-order valence-corrected chi connectivity index (χ2v) is 13.6. The van der Waals surface area contributed by atoms with Crippen molar-refractivity contribution in [2.75, 3.05) is 0 Å². The summed E-state index contributed by atoms with van der Waals surface area (Å²) in [4.78, 5) is 13.9. The van der Waals surface area contributed by atoms with Gasteiger partial charge in [0.1, 0.15) is 6.61 Å². The molecule has 0 saturated carbocycles. The van der Waals surface area contributed by atoms with Crippen LogP contribution in [0.4, 0.5) is 0 Å². The fourth-order valence-electron chi connectivity index (χ4n) is 4.86. The van der Waals surface area contributed by atoms with Crippen molar-refractivity contribution in [2.24, 2.45) is 0 Å². The highest BCUT2D eigenvalue weighted by atomic mass is 32.2. The molecule has 0 aromatic heterocycles. The number of benzene rings is 5. The average Bonchev–Trinajstić information content (AvgIpc) is 3.12. The third kappa shape index (κ3) is 11.5. The van der Waals surface area contributed by atoms with Gasteiger partial charge in [-0.3, -0.25) is 0 Å². The Balaban J connectivity index is 1.39. The van der Waals surface area contributed by atoms with Gasteiger partial charge in [-0.15, -0.1) is 23.5 Å². The molecule has 5 aromatic rings. The van der Waals surface area contributed by atoms with Crippen LogP contribution in [0, 0.1) is 0 Å². The van der Waals surface area contributed by atoms with Crippen LogP contribution < -0.4 is 0 Å². The molecule has 0 saturated heterocycles. The zero-order valence-corrected chi connectivity index (χ0v) is 27.5. The van der Waals surface area contributed by atoms with E-state index < -0.39 is 18.2 Å². The summed E-state index contributed by atoms with van der Waals surface area (Å²) in [6, 6.07) is 50.7. The van der Waals surface area contributed by atoms with Crippen molar-refractivity contribution in [1.82, 2.24) is 0 Å². The van der Waals surface area contributed by atoms with Gasteiger partial charge in [-0.25, -0.2) is 4.79 Å². The van der Waals surface area contributed by atoms with Gasteiger partial charge in [-0.05, 0) is 34.2 Å². The van der Waals surface area contributed by atoms with Crippen LogP contribution in [0.5, 0.6) is 0 Å². The zero-order chi connectivity index (χ0) is 31.7. The van der Waals surface area contributed by atoms with E-state index in [-0.39, 0.29) is 17.8 Å². The van der Waals surface area contributed by atoms with Crippen molar-refractivity contribution in [3.63, 3.8) is 0 Å². The van der Waals surface area contributed by atoms with Crippen molar-refractivity contribution < 1.29 is 19.0 Å². The number of thioether (sulfide) groups is 2. The van der Waals surface area contributed by atoms with E-state index in [9.17, 15) is 4.79 Å². The number of hydrogen-bond donors (Lipinski definition) is 0. The van der Waals surface area contributed by atoms with Gasteiger partial charge >= 0.3 is 5.97 Å². The third-order valence-corrected chi connectivity index (χ3v) is 10.3. The standard InChI is InChI=1S/C40H40O4S2/c41-40(44-29-34-20-10-3-11-21-34)39(43-28-33-18-8-2-9-19-33)37(42-27-32-16-6-1-7-17-32)26-38(45-30-35-22-12-4-13-23-35)46-31-36-24-14-5-15-25-36/h1-25,37-39H,26-31H2/t37-,39+/m0/s1. The molecule has 46 heavy (non-hydrogen) atoms. The molecule has 0 aliphatic heterocycles. The number of rotatable bonds is 18. The lowest BCUT2D eigenvalue weighted by atomic mass is 10.1. The second kappa shape index (κ2) is 19.0. The monoisotopic (exact) mass is 648 g/mol. The largest absolute Gasteiger partial charge is 0.459 e. The van der Waals surface area contributed by atoms with Crippen LogP contribution in [0.25, 0.3) is 0 Å². The molecule has 5 aromatic carbocycles. The minimum Gasteiger partial charge on any atom is -0.459 e. The van der Waals surface area contributed by atoms with E-state index in [2.05, 4.69) is 48.5 Å². The summed E-state index contributed by atoms with van der Waals surface area (Å²) < 4.78 is 19.1. The molecule has 0 aliphatic carbocycles. The fraction of sp³-hybridized carbons (Fsp3) is 0.225. The Labute approximate surface area is 281 Å². The number of esters is 1. The van der Waals surface area contributed by atoms with E-state index in [1.165, 1.54) is 11.1 Å². The zero-order valence-electron chi connectivity index (χ0n) is 25.9. The number of ether oxygens (including phenoxy) is 3. The molecular formula is C40H40O4S2. The molecule has 6 heteroatoms. The van der Waals surface area contributed by atoms with E-state index in [0.29, 0.717) is 13.0 Å². The molecule has 0 bridgehead atoms. The van der Waals surface area contributed by atoms with Gasteiger partial charge in [0.2, 0.25) is 0 Å². The summed E-state index contributed by atoms with van der Waals surface area (Å²) in [6.07, 6.45) is -0.852. The van der Waals surface area contributed by atoms with Gasteiger partial charge in [0.15, 0.2) is 6.10 Å². The van der Waals surface area contributed by atoms with Crippen LogP contribution in [-0.4, -0.2) is 22.8 Å². The summed E-state index contributed by atoms with van der Waals surface area (Å²) in [6.45, 7) is 0.809. The molecular weight excluding hydrogens is 609 g/mol. The molecule has 0 unspecified atom stereocenters. The lowest BCUT2D eigenvalue weighted by molar-refractivity contribution is -0.172. The molecule has 5 rings (SSSR count). The summed E-state index contributed by atoms with van der Waals surface area (Å²) >= 11 is 3.75. The summed E-state index contributed by atoms with van der Waals surface area (Å²) in [5, 5.41) is 0. The number of carbonyl (C=O) groups excluding carboxylic acids is 1. The van der Waals surface area contributed by atoms with Crippen LogP contribution >= 0.6 is 23.5 Å². The minimum absolute atomic E-state index is 0.130. The first-order chi connectivity index (χ1) is 22.7. The molecule has 0 aliphatic rings. The molecule has 2 atom stereocenters. The van der Waals surface area contributed by atoms with Crippen molar-refractivity contribution in [2.45, 2.75) is 54.5 Å². The van der Waals surface area contributed by atoms with Gasteiger partial charge in [0.05, 0.1) is 23.9 Å². The summed E-state index contributed by atoms with van der Waals surface area (Å²) in [5.41, 5.74) is 5.47. The van der Waals surface area contributed by atoms with Crippen molar-refractivity contribution in [3.05, 3.63) is 179 Å². The van der Waals surface area contributed by atoms with Crippen LogP contribution in [0.3, 0.4) is 0 Å². The molecule has 4 nitrogen and oxygen atoms in total. The molecule has 0 spiro atoms. The first-order valence-corrected chi connectivity index (χ1v) is 17.7. The van der Waals surface area contributed by atoms with Crippen LogP contribution in [0.1, 0.15) is 34.2 Å². The normalized spacial score (nSPS) is 12.5. The maximum absolute atomic E-state index is 13.9. The van der Waals surface area contributed by atoms with Crippen LogP contribution in [-0.2, 0) is 50.3 Å². The molecule has 0 N–H and O–H groups in total. The minimum atomic E-state index is -0.912. The first-order valence-electron chi connectivity index (χ1n) is 15.6. The topological polar surface area (TPSA) is 44.8 Å². The SMILES string of the molecule is O=C(OCc1ccccc1)[C@H](OCc1ccccc1)[C@H](CC(SCc1ccccc1)SCc1ccccc1)OCc1ccccc1. The maximum atomic E-state index is 13.9. The third-order valence-electron chi connectivity index (χ3n) is 7.36. The van der Waals surface area contributed by atoms with Gasteiger partial charge in [-0.1, -0.05) is 152 Å². The highest BCUT2D eigenvalue weighted by Crippen LogP contribution is 2.35. The Morgan fingerprint density at radius 1 is 0.478 bits per heavy atom. The van der Waals surface area contributed by atoms with Crippen LogP contribution in [0.2, 0.25) is 0 Å². The smallest absolute Gasteiger partial charge is 0.338 e. The molecule has 0 amide bonds. The van der Waals surface area contributed by atoms with E-state index in [4.69, 9.17) is 14.2 Å². The Kier molecular flexibility index (Phi) is 13.9.